The first-order chi connectivity index (χ1) is 8.25. The van der Waals surface area contributed by atoms with Crippen LogP contribution >= 0.6 is 11.6 Å². The highest BCUT2D eigenvalue weighted by Crippen LogP contribution is 2.19. The highest BCUT2D eigenvalue weighted by atomic mass is 35.5. The van der Waals surface area contributed by atoms with Crippen molar-refractivity contribution in [3.8, 4) is 0 Å². The lowest BCUT2D eigenvalue weighted by molar-refractivity contribution is 1.30. The van der Waals surface area contributed by atoms with Crippen molar-refractivity contribution >= 4 is 23.5 Å². The van der Waals surface area contributed by atoms with E-state index < -0.39 is 0 Å². The lowest BCUT2D eigenvalue weighted by Crippen LogP contribution is -1.91. The number of anilines is 1. The van der Waals surface area contributed by atoms with Crippen LogP contribution in [0.4, 0.5) is 5.69 Å². The molecule has 3 nitrogen and oxygen atoms in total. The number of hydrogen-bond donors (Lipinski definition) is 1. The summed E-state index contributed by atoms with van der Waals surface area (Å²) < 4.78 is 0. The molecule has 0 spiro atoms. The van der Waals surface area contributed by atoms with Crippen molar-refractivity contribution in [2.24, 2.45) is 5.10 Å². The molecular formula is C13H12ClN3. The second-order valence-corrected chi connectivity index (χ2v) is 4.03. The zero-order valence-electron chi connectivity index (χ0n) is 9.39. The summed E-state index contributed by atoms with van der Waals surface area (Å²) in [6, 6.07) is 9.52. The van der Waals surface area contributed by atoms with Crippen LogP contribution in [0.25, 0.3) is 0 Å². The molecule has 1 heterocycles. The molecule has 2 rings (SSSR count). The lowest BCUT2D eigenvalue weighted by Gasteiger charge is -2.02. The van der Waals surface area contributed by atoms with E-state index in [1.54, 1.807) is 18.6 Å². The summed E-state index contributed by atoms with van der Waals surface area (Å²) in [7, 11) is 0. The van der Waals surface area contributed by atoms with Gasteiger partial charge in [-0.15, -0.1) is 0 Å². The van der Waals surface area contributed by atoms with Crippen LogP contribution in [0.1, 0.15) is 11.1 Å². The third-order valence-corrected chi connectivity index (χ3v) is 2.67. The molecule has 17 heavy (non-hydrogen) atoms. The SMILES string of the molecule is Cc1ccc(N/N=C\c2cccnc2)cc1Cl. The molecule has 86 valence electrons. The van der Waals surface area contributed by atoms with Gasteiger partial charge in [-0.25, -0.2) is 0 Å². The fourth-order valence-electron chi connectivity index (χ4n) is 1.30. The number of aryl methyl sites for hydroxylation is 1. The van der Waals surface area contributed by atoms with Crippen LogP contribution in [0.15, 0.2) is 47.8 Å². The average Bonchev–Trinajstić information content (AvgIpc) is 2.35. The van der Waals surface area contributed by atoms with E-state index in [1.165, 1.54) is 0 Å². The van der Waals surface area contributed by atoms with Gasteiger partial charge in [-0.1, -0.05) is 23.7 Å². The predicted molar refractivity (Wildman–Crippen MR) is 71.6 cm³/mol. The van der Waals surface area contributed by atoms with Crippen LogP contribution in [-0.2, 0) is 0 Å². The summed E-state index contributed by atoms with van der Waals surface area (Å²) in [4.78, 5) is 4.00. The van der Waals surface area contributed by atoms with Crippen molar-refractivity contribution in [2.45, 2.75) is 6.92 Å². The molecule has 1 aromatic carbocycles. The van der Waals surface area contributed by atoms with Crippen molar-refractivity contribution in [1.82, 2.24) is 4.98 Å². The molecule has 1 N–H and O–H groups in total. The maximum Gasteiger partial charge on any atom is 0.0576 e. The van der Waals surface area contributed by atoms with Crippen molar-refractivity contribution in [1.29, 1.82) is 0 Å². The van der Waals surface area contributed by atoms with Gasteiger partial charge in [0.05, 0.1) is 11.9 Å². The Kier molecular flexibility index (Phi) is 3.73. The number of hydrazone groups is 1. The molecule has 0 saturated heterocycles. The van der Waals surface area contributed by atoms with Gasteiger partial charge in [-0.2, -0.15) is 5.10 Å². The molecule has 0 atom stereocenters. The number of aromatic nitrogens is 1. The summed E-state index contributed by atoms with van der Waals surface area (Å²) in [6.45, 7) is 1.96. The first kappa shape index (κ1) is 11.6. The summed E-state index contributed by atoms with van der Waals surface area (Å²) in [5, 5.41) is 4.84. The molecule has 2 aromatic rings. The van der Waals surface area contributed by atoms with Gasteiger partial charge in [0.15, 0.2) is 0 Å². The van der Waals surface area contributed by atoms with Gasteiger partial charge >= 0.3 is 0 Å². The topological polar surface area (TPSA) is 37.3 Å². The number of nitrogens with zero attached hydrogens (tertiary/aromatic N) is 2. The van der Waals surface area contributed by atoms with Crippen molar-refractivity contribution in [3.05, 3.63) is 58.9 Å². The second-order valence-electron chi connectivity index (χ2n) is 3.62. The highest BCUT2D eigenvalue weighted by Gasteiger charge is 1.95. The summed E-state index contributed by atoms with van der Waals surface area (Å²) >= 11 is 6.01. The van der Waals surface area contributed by atoms with E-state index in [2.05, 4.69) is 15.5 Å². The number of hydrogen-bond acceptors (Lipinski definition) is 3. The van der Waals surface area contributed by atoms with Crippen molar-refractivity contribution < 1.29 is 0 Å². The third kappa shape index (κ3) is 3.29. The molecule has 0 bridgehead atoms. The van der Waals surface area contributed by atoms with Gasteiger partial charge in [0.25, 0.3) is 0 Å². The van der Waals surface area contributed by atoms with Gasteiger partial charge in [-0.05, 0) is 30.7 Å². The largest absolute Gasteiger partial charge is 0.278 e. The van der Waals surface area contributed by atoms with E-state index in [1.807, 2.05) is 37.3 Å². The average molecular weight is 246 g/mol. The van der Waals surface area contributed by atoms with Gasteiger partial charge in [0.2, 0.25) is 0 Å². The van der Waals surface area contributed by atoms with Gasteiger partial charge in [0.1, 0.15) is 0 Å². The van der Waals surface area contributed by atoms with Crippen molar-refractivity contribution in [2.75, 3.05) is 5.43 Å². The molecule has 0 aliphatic carbocycles. The fourth-order valence-corrected chi connectivity index (χ4v) is 1.48. The molecule has 0 aliphatic rings. The van der Waals surface area contributed by atoms with E-state index in [9.17, 15) is 0 Å². The quantitative estimate of drug-likeness (QED) is 0.664. The van der Waals surface area contributed by atoms with E-state index in [0.29, 0.717) is 0 Å². The molecule has 0 aliphatic heterocycles. The normalized spacial score (nSPS) is 10.7. The fraction of sp³-hybridized carbons (Fsp3) is 0.0769. The van der Waals surface area contributed by atoms with Gasteiger partial charge < -0.3 is 0 Å². The first-order valence-electron chi connectivity index (χ1n) is 5.21. The van der Waals surface area contributed by atoms with Gasteiger partial charge in [0, 0.05) is 23.0 Å². The summed E-state index contributed by atoms with van der Waals surface area (Å²) in [6.07, 6.45) is 5.18. The summed E-state index contributed by atoms with van der Waals surface area (Å²) in [5.41, 5.74) is 5.77. The van der Waals surface area contributed by atoms with Crippen LogP contribution in [0, 0.1) is 6.92 Å². The Hall–Kier alpha value is -1.87. The minimum Gasteiger partial charge on any atom is -0.278 e. The van der Waals surface area contributed by atoms with Crippen molar-refractivity contribution in [3.63, 3.8) is 0 Å². The molecular weight excluding hydrogens is 234 g/mol. The predicted octanol–water partition coefficient (Wildman–Crippen LogP) is 3.49. The van der Waals surface area contributed by atoms with E-state index in [-0.39, 0.29) is 0 Å². The number of benzene rings is 1. The first-order valence-corrected chi connectivity index (χ1v) is 5.59. The minimum atomic E-state index is 0.728. The molecule has 0 radical (unpaired) electrons. The van der Waals surface area contributed by atoms with Crippen LogP contribution < -0.4 is 5.43 Å². The minimum absolute atomic E-state index is 0.728. The summed E-state index contributed by atoms with van der Waals surface area (Å²) in [5.74, 6) is 0. The van der Waals surface area contributed by atoms with Crippen LogP contribution in [0.5, 0.6) is 0 Å². The molecule has 4 heteroatoms. The van der Waals surface area contributed by atoms with E-state index in [0.717, 1.165) is 21.8 Å². The number of halogens is 1. The van der Waals surface area contributed by atoms with Crippen LogP contribution in [0.2, 0.25) is 5.02 Å². The molecule has 0 amide bonds. The Balaban J connectivity index is 2.03. The molecule has 1 aromatic heterocycles. The Labute approximate surface area is 105 Å². The molecule has 0 fully saturated rings. The molecule has 0 saturated carbocycles. The number of pyridine rings is 1. The van der Waals surface area contributed by atoms with Crippen LogP contribution in [-0.4, -0.2) is 11.2 Å². The Bertz CT molecular complexity index is 523. The Morgan fingerprint density at radius 2 is 2.24 bits per heavy atom. The standard InChI is InChI=1S/C13H12ClN3/c1-10-4-5-12(7-13(10)14)17-16-9-11-3-2-6-15-8-11/h2-9,17H,1H3/b16-9-. The monoisotopic (exact) mass is 245 g/mol. The van der Waals surface area contributed by atoms with E-state index in [4.69, 9.17) is 11.6 Å². The zero-order chi connectivity index (χ0) is 12.1. The van der Waals surface area contributed by atoms with E-state index >= 15 is 0 Å². The Morgan fingerprint density at radius 1 is 1.35 bits per heavy atom. The second kappa shape index (κ2) is 5.46. The lowest BCUT2D eigenvalue weighted by atomic mass is 10.2. The third-order valence-electron chi connectivity index (χ3n) is 2.26. The number of nitrogens with one attached hydrogen (secondary N) is 1. The zero-order valence-corrected chi connectivity index (χ0v) is 10.1. The smallest absolute Gasteiger partial charge is 0.0576 e. The maximum atomic E-state index is 6.01. The molecule has 0 unspecified atom stereocenters. The highest BCUT2D eigenvalue weighted by molar-refractivity contribution is 6.31. The van der Waals surface area contributed by atoms with Gasteiger partial charge in [-0.3, -0.25) is 10.4 Å². The number of rotatable bonds is 3. The van der Waals surface area contributed by atoms with Crippen LogP contribution in [0.3, 0.4) is 0 Å². The maximum absolute atomic E-state index is 6.01. The Morgan fingerprint density at radius 3 is 2.94 bits per heavy atom.